The molecule has 1 N–H and O–H groups in total. The van der Waals surface area contributed by atoms with E-state index in [2.05, 4.69) is 5.32 Å². The predicted molar refractivity (Wildman–Crippen MR) is 137 cm³/mol. The number of amides is 2. The summed E-state index contributed by atoms with van der Waals surface area (Å²) in [6.45, 7) is 5.40. The number of nitrogens with zero attached hydrogens (tertiary/aromatic N) is 2. The zero-order valence-electron chi connectivity index (χ0n) is 20.6. The molecule has 2 aromatic rings. The molecular formula is C27H35N3O4S. The SMILES string of the molecule is CC(=O)N1CCC(C(=O)Nc2ccc(C)c(S(=O)(=O)N3CCCCCC3)c2)(c2ccccc2)CC1. The quantitative estimate of drug-likeness (QED) is 0.674. The molecule has 2 fully saturated rings. The second-order valence-electron chi connectivity index (χ2n) is 9.71. The first-order valence-electron chi connectivity index (χ1n) is 12.5. The average Bonchev–Trinajstić information content (AvgIpc) is 3.16. The van der Waals surface area contributed by atoms with Gasteiger partial charge in [0.05, 0.1) is 10.3 Å². The number of anilines is 1. The van der Waals surface area contributed by atoms with Crippen LogP contribution in [-0.2, 0) is 25.0 Å². The highest BCUT2D eigenvalue weighted by Crippen LogP contribution is 2.37. The molecule has 0 radical (unpaired) electrons. The Hall–Kier alpha value is -2.71. The van der Waals surface area contributed by atoms with Crippen LogP contribution in [0.15, 0.2) is 53.4 Å². The number of piperidine rings is 1. The fraction of sp³-hybridized carbons (Fsp3) is 0.481. The molecular weight excluding hydrogens is 462 g/mol. The van der Waals surface area contributed by atoms with Crippen molar-refractivity contribution in [2.45, 2.75) is 62.7 Å². The van der Waals surface area contributed by atoms with Crippen LogP contribution in [0.25, 0.3) is 0 Å². The highest BCUT2D eigenvalue weighted by Gasteiger charge is 2.43. The molecule has 8 heteroatoms. The Bertz CT molecular complexity index is 1160. The molecule has 35 heavy (non-hydrogen) atoms. The van der Waals surface area contributed by atoms with Crippen molar-refractivity contribution in [1.29, 1.82) is 0 Å². The van der Waals surface area contributed by atoms with Crippen LogP contribution in [0, 0.1) is 6.92 Å². The Balaban J connectivity index is 1.62. The summed E-state index contributed by atoms with van der Waals surface area (Å²) in [6.07, 6.45) is 4.84. The van der Waals surface area contributed by atoms with Gasteiger partial charge in [0.2, 0.25) is 21.8 Å². The summed E-state index contributed by atoms with van der Waals surface area (Å²) < 4.78 is 28.5. The summed E-state index contributed by atoms with van der Waals surface area (Å²) in [6, 6.07) is 14.8. The minimum Gasteiger partial charge on any atom is -0.343 e. The molecule has 0 spiro atoms. The molecule has 0 saturated carbocycles. The van der Waals surface area contributed by atoms with Crippen LogP contribution in [-0.4, -0.2) is 55.6 Å². The van der Waals surface area contributed by atoms with E-state index >= 15 is 0 Å². The molecule has 0 aliphatic carbocycles. The normalized spacial score (nSPS) is 19.1. The maximum atomic E-state index is 13.8. The lowest BCUT2D eigenvalue weighted by Gasteiger charge is -2.40. The van der Waals surface area contributed by atoms with Crippen molar-refractivity contribution < 1.29 is 18.0 Å². The molecule has 0 aromatic heterocycles. The van der Waals surface area contributed by atoms with Crippen LogP contribution in [0.1, 0.15) is 56.6 Å². The van der Waals surface area contributed by atoms with E-state index in [9.17, 15) is 18.0 Å². The summed E-state index contributed by atoms with van der Waals surface area (Å²) in [4.78, 5) is 27.7. The van der Waals surface area contributed by atoms with Crippen molar-refractivity contribution in [3.05, 3.63) is 59.7 Å². The van der Waals surface area contributed by atoms with Gasteiger partial charge in [0, 0.05) is 38.8 Å². The van der Waals surface area contributed by atoms with E-state index in [-0.39, 0.29) is 16.7 Å². The van der Waals surface area contributed by atoms with Crippen LogP contribution < -0.4 is 5.32 Å². The summed E-state index contributed by atoms with van der Waals surface area (Å²) in [7, 11) is -3.65. The number of hydrogen-bond acceptors (Lipinski definition) is 4. The lowest BCUT2D eigenvalue weighted by atomic mass is 9.72. The third kappa shape index (κ3) is 5.28. The van der Waals surface area contributed by atoms with Crippen molar-refractivity contribution in [3.8, 4) is 0 Å². The first-order chi connectivity index (χ1) is 16.7. The smallest absolute Gasteiger partial charge is 0.243 e. The molecule has 2 heterocycles. The summed E-state index contributed by atoms with van der Waals surface area (Å²) in [5, 5.41) is 3.02. The average molecular weight is 498 g/mol. The molecule has 2 aliphatic heterocycles. The lowest BCUT2D eigenvalue weighted by molar-refractivity contribution is -0.133. The Kier molecular flexibility index (Phi) is 7.62. The van der Waals surface area contributed by atoms with Crippen LogP contribution in [0.4, 0.5) is 5.69 Å². The maximum Gasteiger partial charge on any atom is 0.243 e. The van der Waals surface area contributed by atoms with Crippen molar-refractivity contribution in [1.82, 2.24) is 9.21 Å². The van der Waals surface area contributed by atoms with Gasteiger partial charge in [-0.05, 0) is 55.9 Å². The fourth-order valence-corrected chi connectivity index (χ4v) is 7.00. The maximum absolute atomic E-state index is 13.8. The van der Waals surface area contributed by atoms with Gasteiger partial charge in [-0.15, -0.1) is 0 Å². The number of nitrogens with one attached hydrogen (secondary N) is 1. The molecule has 0 atom stereocenters. The molecule has 188 valence electrons. The van der Waals surface area contributed by atoms with Gasteiger partial charge >= 0.3 is 0 Å². The fourth-order valence-electron chi connectivity index (χ4n) is 5.23. The molecule has 2 aliphatic rings. The van der Waals surface area contributed by atoms with Crippen LogP contribution in [0.5, 0.6) is 0 Å². The van der Waals surface area contributed by atoms with Crippen molar-refractivity contribution in [2.24, 2.45) is 0 Å². The van der Waals surface area contributed by atoms with E-state index in [4.69, 9.17) is 0 Å². The first kappa shape index (κ1) is 25.4. The number of sulfonamides is 1. The van der Waals surface area contributed by atoms with E-state index < -0.39 is 15.4 Å². The monoisotopic (exact) mass is 497 g/mol. The van der Waals surface area contributed by atoms with Gasteiger partial charge in [0.25, 0.3) is 0 Å². The second-order valence-corrected chi connectivity index (χ2v) is 11.6. The van der Waals surface area contributed by atoms with E-state index in [1.807, 2.05) is 30.3 Å². The second kappa shape index (κ2) is 10.5. The van der Waals surface area contributed by atoms with E-state index in [0.29, 0.717) is 50.3 Å². The van der Waals surface area contributed by atoms with E-state index in [0.717, 1.165) is 31.2 Å². The van der Waals surface area contributed by atoms with Gasteiger partial charge in [-0.3, -0.25) is 9.59 Å². The summed E-state index contributed by atoms with van der Waals surface area (Å²) >= 11 is 0. The molecule has 0 unspecified atom stereocenters. The largest absolute Gasteiger partial charge is 0.343 e. The number of carbonyl (C=O) groups is 2. The molecule has 4 rings (SSSR count). The zero-order chi connectivity index (χ0) is 25.1. The van der Waals surface area contributed by atoms with Gasteiger partial charge in [0.15, 0.2) is 0 Å². The van der Waals surface area contributed by atoms with Gasteiger partial charge in [-0.25, -0.2) is 8.42 Å². The Morgan fingerprint density at radius 3 is 2.11 bits per heavy atom. The summed E-state index contributed by atoms with van der Waals surface area (Å²) in [5.74, 6) is -0.164. The summed E-state index contributed by atoms with van der Waals surface area (Å²) in [5.41, 5.74) is 1.25. The number of hydrogen-bond donors (Lipinski definition) is 1. The Morgan fingerprint density at radius 1 is 0.886 bits per heavy atom. The topological polar surface area (TPSA) is 86.8 Å². The third-order valence-electron chi connectivity index (χ3n) is 7.45. The van der Waals surface area contributed by atoms with Crippen molar-refractivity contribution in [3.63, 3.8) is 0 Å². The lowest BCUT2D eigenvalue weighted by Crippen LogP contribution is -2.50. The molecule has 2 amide bonds. The van der Waals surface area contributed by atoms with Gasteiger partial charge in [0.1, 0.15) is 0 Å². The predicted octanol–water partition coefficient (Wildman–Crippen LogP) is 4.08. The van der Waals surface area contributed by atoms with Gasteiger partial charge < -0.3 is 10.2 Å². The first-order valence-corrected chi connectivity index (χ1v) is 13.9. The standard InChI is InChI=1S/C27H35N3O4S/c1-21-12-13-24(20-25(21)35(33,34)30-16-8-3-4-9-17-30)28-26(32)27(23-10-6-5-7-11-23)14-18-29(19-15-27)22(2)31/h5-7,10-13,20H,3-4,8-9,14-19H2,1-2H3,(H,28,32). The Morgan fingerprint density at radius 2 is 1.51 bits per heavy atom. The van der Waals surface area contributed by atoms with E-state index in [1.165, 1.54) is 0 Å². The van der Waals surface area contributed by atoms with Gasteiger partial charge in [-0.1, -0.05) is 49.2 Å². The number of carbonyl (C=O) groups excluding carboxylic acids is 2. The van der Waals surface area contributed by atoms with Crippen molar-refractivity contribution in [2.75, 3.05) is 31.5 Å². The molecule has 0 bridgehead atoms. The molecule has 2 aromatic carbocycles. The highest BCUT2D eigenvalue weighted by molar-refractivity contribution is 7.89. The number of aryl methyl sites for hydroxylation is 1. The number of rotatable bonds is 5. The third-order valence-corrected chi connectivity index (χ3v) is 9.49. The minimum atomic E-state index is -3.65. The van der Waals surface area contributed by atoms with E-state index in [1.54, 1.807) is 41.3 Å². The van der Waals surface area contributed by atoms with Crippen LogP contribution in [0.2, 0.25) is 0 Å². The van der Waals surface area contributed by atoms with Gasteiger partial charge in [-0.2, -0.15) is 4.31 Å². The molecule has 2 saturated heterocycles. The van der Waals surface area contributed by atoms with Crippen LogP contribution in [0.3, 0.4) is 0 Å². The Labute approximate surface area is 208 Å². The number of benzene rings is 2. The van der Waals surface area contributed by atoms with Crippen molar-refractivity contribution >= 4 is 27.5 Å². The zero-order valence-corrected chi connectivity index (χ0v) is 21.4. The minimum absolute atomic E-state index is 0.00830. The van der Waals surface area contributed by atoms with Crippen LogP contribution >= 0.6 is 0 Å². The number of likely N-dealkylation sites (tertiary alicyclic amines) is 1. The molecule has 7 nitrogen and oxygen atoms in total. The highest BCUT2D eigenvalue weighted by atomic mass is 32.2.